The fourth-order valence-electron chi connectivity index (χ4n) is 3.03. The Morgan fingerprint density at radius 1 is 1.19 bits per heavy atom. The highest BCUT2D eigenvalue weighted by molar-refractivity contribution is 5.36. The maximum absolute atomic E-state index is 13.4. The van der Waals surface area contributed by atoms with Crippen molar-refractivity contribution in [2.24, 2.45) is 17.6 Å². The van der Waals surface area contributed by atoms with Crippen molar-refractivity contribution in [3.05, 3.63) is 29.6 Å². The van der Waals surface area contributed by atoms with Crippen LogP contribution in [0.1, 0.15) is 37.3 Å². The molecule has 0 heterocycles. The smallest absolute Gasteiger partial charge is 0.391 e. The van der Waals surface area contributed by atoms with E-state index in [4.69, 9.17) is 10.5 Å². The standard InChI is InChI=1S/C15H19F4NO/c1-21-13-7-6-11(16)8-12(13)14(20)9-2-4-10(5-3-9)15(17,18)19/h6-10,14H,2-5,20H2,1H3. The summed E-state index contributed by atoms with van der Waals surface area (Å²) in [6.45, 7) is 0. The molecule has 0 amide bonds. The lowest BCUT2D eigenvalue weighted by atomic mass is 9.76. The molecule has 2 nitrogen and oxygen atoms in total. The first-order valence-electron chi connectivity index (χ1n) is 6.98. The monoisotopic (exact) mass is 305 g/mol. The maximum Gasteiger partial charge on any atom is 0.391 e. The number of hydrogen-bond acceptors (Lipinski definition) is 2. The van der Waals surface area contributed by atoms with Gasteiger partial charge in [0.1, 0.15) is 11.6 Å². The molecule has 1 fully saturated rings. The van der Waals surface area contributed by atoms with E-state index in [-0.39, 0.29) is 18.8 Å². The number of methoxy groups -OCH3 is 1. The number of alkyl halides is 3. The molecule has 2 N–H and O–H groups in total. The van der Waals surface area contributed by atoms with E-state index in [2.05, 4.69) is 0 Å². The molecule has 0 radical (unpaired) electrons. The molecule has 6 heteroatoms. The molecule has 21 heavy (non-hydrogen) atoms. The molecule has 0 aromatic heterocycles. The zero-order valence-electron chi connectivity index (χ0n) is 11.8. The first-order valence-corrected chi connectivity index (χ1v) is 6.98. The van der Waals surface area contributed by atoms with Crippen LogP contribution in [0.15, 0.2) is 18.2 Å². The van der Waals surface area contributed by atoms with Crippen molar-refractivity contribution in [1.29, 1.82) is 0 Å². The summed E-state index contributed by atoms with van der Waals surface area (Å²) in [5, 5.41) is 0. The van der Waals surface area contributed by atoms with Crippen LogP contribution in [0.25, 0.3) is 0 Å². The van der Waals surface area contributed by atoms with Gasteiger partial charge in [-0.2, -0.15) is 13.2 Å². The number of rotatable bonds is 3. The molecule has 1 aromatic rings. The molecule has 1 aliphatic carbocycles. The van der Waals surface area contributed by atoms with Crippen LogP contribution in [0.4, 0.5) is 17.6 Å². The molecule has 1 saturated carbocycles. The van der Waals surface area contributed by atoms with Crippen LogP contribution in [0.2, 0.25) is 0 Å². The molecule has 2 rings (SSSR count). The van der Waals surface area contributed by atoms with Gasteiger partial charge in [0, 0.05) is 11.6 Å². The van der Waals surface area contributed by atoms with E-state index in [0.29, 0.717) is 24.2 Å². The summed E-state index contributed by atoms with van der Waals surface area (Å²) in [4.78, 5) is 0. The van der Waals surface area contributed by atoms with Gasteiger partial charge in [-0.05, 0) is 49.8 Å². The second-order valence-electron chi connectivity index (χ2n) is 5.57. The molecule has 118 valence electrons. The molecule has 0 spiro atoms. The molecule has 0 bridgehead atoms. The Balaban J connectivity index is 2.08. The lowest BCUT2D eigenvalue weighted by Gasteiger charge is -2.33. The maximum atomic E-state index is 13.4. The molecule has 1 atom stereocenters. The largest absolute Gasteiger partial charge is 0.496 e. The van der Waals surface area contributed by atoms with Gasteiger partial charge < -0.3 is 10.5 Å². The van der Waals surface area contributed by atoms with Crippen molar-refractivity contribution in [3.63, 3.8) is 0 Å². The third-order valence-corrected chi connectivity index (χ3v) is 4.29. The normalized spacial score (nSPS) is 24.7. The predicted octanol–water partition coefficient (Wildman–Crippen LogP) is 4.20. The highest BCUT2D eigenvalue weighted by Crippen LogP contribution is 2.43. The Morgan fingerprint density at radius 3 is 2.33 bits per heavy atom. The fraction of sp³-hybridized carbons (Fsp3) is 0.600. The van der Waals surface area contributed by atoms with Crippen LogP contribution in [0.3, 0.4) is 0 Å². The second kappa shape index (κ2) is 6.22. The SMILES string of the molecule is COc1ccc(F)cc1C(N)C1CCC(C(F)(F)F)CC1. The van der Waals surface area contributed by atoms with Crippen LogP contribution in [-0.2, 0) is 0 Å². The van der Waals surface area contributed by atoms with Gasteiger partial charge in [-0.3, -0.25) is 0 Å². The molecule has 1 aliphatic rings. The van der Waals surface area contributed by atoms with Crippen molar-refractivity contribution in [2.45, 2.75) is 37.9 Å². The molecule has 0 aliphatic heterocycles. The summed E-state index contributed by atoms with van der Waals surface area (Å²) >= 11 is 0. The van der Waals surface area contributed by atoms with Gasteiger partial charge in [0.2, 0.25) is 0 Å². The van der Waals surface area contributed by atoms with Gasteiger partial charge in [-0.25, -0.2) is 4.39 Å². The molecular formula is C15H19F4NO. The Morgan fingerprint density at radius 2 is 1.81 bits per heavy atom. The number of halogens is 4. The van der Waals surface area contributed by atoms with Gasteiger partial charge in [0.05, 0.1) is 13.0 Å². The summed E-state index contributed by atoms with van der Waals surface area (Å²) in [6, 6.07) is 3.56. The summed E-state index contributed by atoms with van der Waals surface area (Å²) in [5.41, 5.74) is 6.66. The Labute approximate surface area is 121 Å². The Kier molecular flexibility index (Phi) is 4.76. The quantitative estimate of drug-likeness (QED) is 0.849. The van der Waals surface area contributed by atoms with Gasteiger partial charge in [-0.15, -0.1) is 0 Å². The molecular weight excluding hydrogens is 286 g/mol. The highest BCUT2D eigenvalue weighted by Gasteiger charge is 2.42. The summed E-state index contributed by atoms with van der Waals surface area (Å²) in [7, 11) is 1.46. The average molecular weight is 305 g/mol. The van der Waals surface area contributed by atoms with Crippen molar-refractivity contribution in [3.8, 4) is 5.75 Å². The van der Waals surface area contributed by atoms with Gasteiger partial charge in [-0.1, -0.05) is 0 Å². The average Bonchev–Trinajstić information content (AvgIpc) is 2.45. The van der Waals surface area contributed by atoms with Crippen molar-refractivity contribution >= 4 is 0 Å². The van der Waals surface area contributed by atoms with Crippen LogP contribution >= 0.6 is 0 Å². The Hall–Kier alpha value is -1.30. The van der Waals surface area contributed by atoms with E-state index in [0.717, 1.165) is 0 Å². The van der Waals surface area contributed by atoms with E-state index in [1.165, 1.54) is 25.3 Å². The van der Waals surface area contributed by atoms with Gasteiger partial charge in [0.15, 0.2) is 0 Å². The van der Waals surface area contributed by atoms with Crippen LogP contribution < -0.4 is 10.5 Å². The first kappa shape index (κ1) is 16.1. The van der Waals surface area contributed by atoms with Gasteiger partial charge >= 0.3 is 6.18 Å². The summed E-state index contributed by atoms with van der Waals surface area (Å²) in [5.74, 6) is -1.28. The minimum Gasteiger partial charge on any atom is -0.496 e. The van der Waals surface area contributed by atoms with E-state index in [1.807, 2.05) is 0 Å². The van der Waals surface area contributed by atoms with E-state index < -0.39 is 24.0 Å². The minimum atomic E-state index is -4.13. The molecule has 0 saturated heterocycles. The van der Waals surface area contributed by atoms with E-state index in [1.54, 1.807) is 0 Å². The number of benzene rings is 1. The van der Waals surface area contributed by atoms with Crippen molar-refractivity contribution in [1.82, 2.24) is 0 Å². The number of ether oxygens (including phenoxy) is 1. The Bertz CT molecular complexity index is 481. The van der Waals surface area contributed by atoms with Crippen LogP contribution in [0.5, 0.6) is 5.75 Å². The van der Waals surface area contributed by atoms with Gasteiger partial charge in [0.25, 0.3) is 0 Å². The zero-order valence-corrected chi connectivity index (χ0v) is 11.8. The van der Waals surface area contributed by atoms with Crippen molar-refractivity contribution in [2.75, 3.05) is 7.11 Å². The second-order valence-corrected chi connectivity index (χ2v) is 5.57. The number of hydrogen-bond donors (Lipinski definition) is 1. The minimum absolute atomic E-state index is 0.0828. The zero-order chi connectivity index (χ0) is 15.6. The molecule has 1 unspecified atom stereocenters. The summed E-state index contributed by atoms with van der Waals surface area (Å²) < 4.78 is 56.5. The number of nitrogens with two attached hydrogens (primary N) is 1. The van der Waals surface area contributed by atoms with Crippen molar-refractivity contribution < 1.29 is 22.3 Å². The van der Waals surface area contributed by atoms with Crippen LogP contribution in [0, 0.1) is 17.7 Å². The van der Waals surface area contributed by atoms with E-state index >= 15 is 0 Å². The lowest BCUT2D eigenvalue weighted by Crippen LogP contribution is -2.32. The third kappa shape index (κ3) is 3.67. The summed E-state index contributed by atoms with van der Waals surface area (Å²) in [6.07, 6.45) is -3.18. The van der Waals surface area contributed by atoms with E-state index in [9.17, 15) is 17.6 Å². The molecule has 1 aromatic carbocycles. The highest BCUT2D eigenvalue weighted by atomic mass is 19.4. The third-order valence-electron chi connectivity index (χ3n) is 4.29. The lowest BCUT2D eigenvalue weighted by molar-refractivity contribution is -0.184. The predicted molar refractivity (Wildman–Crippen MR) is 71.4 cm³/mol. The topological polar surface area (TPSA) is 35.2 Å². The fourth-order valence-corrected chi connectivity index (χ4v) is 3.03. The van der Waals surface area contributed by atoms with Crippen LogP contribution in [-0.4, -0.2) is 13.3 Å². The first-order chi connectivity index (χ1) is 9.82.